The largest absolute Gasteiger partial charge is 0.398 e. The van der Waals surface area contributed by atoms with Crippen molar-refractivity contribution < 1.29 is 9.53 Å². The lowest BCUT2D eigenvalue weighted by molar-refractivity contribution is 0.0603. The van der Waals surface area contributed by atoms with Crippen molar-refractivity contribution in [1.29, 1.82) is 0 Å². The van der Waals surface area contributed by atoms with Gasteiger partial charge < -0.3 is 25.3 Å². The molecule has 2 heterocycles. The summed E-state index contributed by atoms with van der Waals surface area (Å²) in [7, 11) is 0. The van der Waals surface area contributed by atoms with E-state index >= 15 is 0 Å². The number of anilines is 2. The van der Waals surface area contributed by atoms with Crippen molar-refractivity contribution in [3.63, 3.8) is 0 Å². The topological polar surface area (TPSA) is 85.4 Å². The Morgan fingerprint density at radius 2 is 1.81 bits per heavy atom. The molecule has 1 aliphatic heterocycles. The number of aromatic nitrogens is 2. The highest BCUT2D eigenvalue weighted by atomic mass is 16.5. The molecule has 0 saturated carbocycles. The smallest absolute Gasteiger partial charge is 0.256 e. The quantitative estimate of drug-likeness (QED) is 0.252. The van der Waals surface area contributed by atoms with Gasteiger partial charge in [-0.25, -0.2) is 4.98 Å². The van der Waals surface area contributed by atoms with Crippen LogP contribution < -0.4 is 11.1 Å². The maximum atomic E-state index is 13.6. The van der Waals surface area contributed by atoms with Crippen LogP contribution in [0.5, 0.6) is 0 Å². The fourth-order valence-electron chi connectivity index (χ4n) is 5.27. The summed E-state index contributed by atoms with van der Waals surface area (Å²) in [6.07, 6.45) is 2.44. The molecule has 1 amide bonds. The van der Waals surface area contributed by atoms with Crippen molar-refractivity contribution >= 4 is 28.6 Å². The van der Waals surface area contributed by atoms with Gasteiger partial charge in [0.05, 0.1) is 23.2 Å². The second-order valence-electron chi connectivity index (χ2n) is 9.57. The third kappa shape index (κ3) is 5.62. The Kier molecular flexibility index (Phi) is 7.70. The maximum Gasteiger partial charge on any atom is 0.256 e. The molecular weight excluding hydrogens is 462 g/mol. The minimum atomic E-state index is 0.00133. The van der Waals surface area contributed by atoms with Gasteiger partial charge in [0.1, 0.15) is 0 Å². The first-order valence-electron chi connectivity index (χ1n) is 13.1. The summed E-state index contributed by atoms with van der Waals surface area (Å²) in [5, 5.41) is 3.73. The van der Waals surface area contributed by atoms with E-state index in [1.807, 2.05) is 54.3 Å². The van der Waals surface area contributed by atoms with Gasteiger partial charge in [-0.1, -0.05) is 54.6 Å². The third-order valence-electron chi connectivity index (χ3n) is 7.13. The summed E-state index contributed by atoms with van der Waals surface area (Å²) < 4.78 is 7.85. The van der Waals surface area contributed by atoms with E-state index in [9.17, 15) is 4.79 Å². The van der Waals surface area contributed by atoms with Crippen LogP contribution in [0, 0.1) is 0 Å². The SMILES string of the molecule is CCOCCn1c(NC2CCN(C(=O)c3ccccc3N)C(Cc3ccccc3)C2)nc2ccccc21. The van der Waals surface area contributed by atoms with Crippen LogP contribution in [-0.4, -0.2) is 52.2 Å². The molecule has 7 heteroatoms. The first kappa shape index (κ1) is 24.8. The van der Waals surface area contributed by atoms with E-state index in [1.54, 1.807) is 6.07 Å². The molecule has 0 aliphatic carbocycles. The Morgan fingerprint density at radius 1 is 1.05 bits per heavy atom. The molecule has 1 fully saturated rings. The van der Waals surface area contributed by atoms with E-state index < -0.39 is 0 Å². The Hall–Kier alpha value is -3.84. The second-order valence-corrected chi connectivity index (χ2v) is 9.57. The molecule has 2 unspecified atom stereocenters. The number of likely N-dealkylation sites (tertiary alicyclic amines) is 1. The summed E-state index contributed by atoms with van der Waals surface area (Å²) in [5.74, 6) is 0.859. The van der Waals surface area contributed by atoms with E-state index in [-0.39, 0.29) is 18.0 Å². The first-order valence-corrected chi connectivity index (χ1v) is 13.1. The molecule has 3 N–H and O–H groups in total. The fraction of sp³-hybridized carbons (Fsp3) is 0.333. The first-order chi connectivity index (χ1) is 18.1. The van der Waals surface area contributed by atoms with Crippen LogP contribution in [0.25, 0.3) is 11.0 Å². The van der Waals surface area contributed by atoms with Crippen molar-refractivity contribution in [1.82, 2.24) is 14.5 Å². The number of nitrogens with two attached hydrogens (primary N) is 1. The molecule has 0 spiro atoms. The summed E-state index contributed by atoms with van der Waals surface area (Å²) >= 11 is 0. The number of piperidine rings is 1. The molecule has 2 atom stereocenters. The van der Waals surface area contributed by atoms with Crippen LogP contribution in [0.4, 0.5) is 11.6 Å². The molecule has 4 aromatic rings. The van der Waals surface area contributed by atoms with Crippen LogP contribution in [0.3, 0.4) is 0 Å². The van der Waals surface area contributed by atoms with E-state index in [4.69, 9.17) is 15.5 Å². The van der Waals surface area contributed by atoms with Gasteiger partial charge in [0.15, 0.2) is 0 Å². The molecule has 37 heavy (non-hydrogen) atoms. The highest BCUT2D eigenvalue weighted by Crippen LogP contribution is 2.28. The Balaban J connectivity index is 1.39. The zero-order valence-corrected chi connectivity index (χ0v) is 21.3. The fourth-order valence-corrected chi connectivity index (χ4v) is 5.27. The van der Waals surface area contributed by atoms with Gasteiger partial charge in [-0.2, -0.15) is 0 Å². The lowest BCUT2D eigenvalue weighted by Crippen LogP contribution is -2.50. The molecule has 3 aromatic carbocycles. The van der Waals surface area contributed by atoms with Crippen molar-refractivity contribution in [3.05, 3.63) is 90.0 Å². The van der Waals surface area contributed by atoms with E-state index in [1.165, 1.54) is 5.56 Å². The lowest BCUT2D eigenvalue weighted by Gasteiger charge is -2.40. The number of carbonyl (C=O) groups excluding carboxylic acids is 1. The van der Waals surface area contributed by atoms with Crippen LogP contribution in [-0.2, 0) is 17.7 Å². The number of ether oxygens (including phenoxy) is 1. The highest BCUT2D eigenvalue weighted by molar-refractivity contribution is 5.99. The monoisotopic (exact) mass is 497 g/mol. The number of benzene rings is 3. The molecule has 1 aromatic heterocycles. The number of rotatable bonds is 9. The average molecular weight is 498 g/mol. The van der Waals surface area contributed by atoms with E-state index in [2.05, 4.69) is 40.2 Å². The minimum Gasteiger partial charge on any atom is -0.398 e. The number of amides is 1. The number of nitrogens with one attached hydrogen (secondary N) is 1. The van der Waals surface area contributed by atoms with Crippen molar-refractivity contribution in [2.75, 3.05) is 30.8 Å². The van der Waals surface area contributed by atoms with Gasteiger partial charge in [-0.15, -0.1) is 0 Å². The standard InChI is InChI=1S/C30H35N5O2/c1-2-37-19-18-35-28-15-9-8-14-27(28)33-30(35)32-23-16-17-34(29(36)25-12-6-7-13-26(25)31)24(21-23)20-22-10-4-3-5-11-22/h3-15,23-24H,2,16-21,31H2,1H3,(H,32,33). The third-order valence-corrected chi connectivity index (χ3v) is 7.13. The van der Waals surface area contributed by atoms with Gasteiger partial charge in [0.25, 0.3) is 5.91 Å². The van der Waals surface area contributed by atoms with Gasteiger partial charge in [-0.3, -0.25) is 4.79 Å². The number of imidazole rings is 1. The van der Waals surface area contributed by atoms with Gasteiger partial charge in [0, 0.05) is 37.5 Å². The number of nitrogen functional groups attached to an aromatic ring is 1. The predicted octanol–water partition coefficient (Wildman–Crippen LogP) is 4.98. The number of nitrogens with zero attached hydrogens (tertiary/aromatic N) is 3. The van der Waals surface area contributed by atoms with Crippen LogP contribution in [0.2, 0.25) is 0 Å². The molecule has 7 nitrogen and oxygen atoms in total. The number of hydrogen-bond donors (Lipinski definition) is 2. The highest BCUT2D eigenvalue weighted by Gasteiger charge is 2.33. The molecule has 1 aliphatic rings. The summed E-state index contributed by atoms with van der Waals surface area (Å²) in [6, 6.07) is 26.2. The van der Waals surface area contributed by atoms with E-state index in [0.29, 0.717) is 31.0 Å². The zero-order chi connectivity index (χ0) is 25.6. The normalized spacial score (nSPS) is 17.7. The second kappa shape index (κ2) is 11.5. The van der Waals surface area contributed by atoms with Crippen LogP contribution >= 0.6 is 0 Å². The number of carbonyl (C=O) groups is 1. The molecular formula is C30H35N5O2. The van der Waals surface area contributed by atoms with Crippen LogP contribution in [0.15, 0.2) is 78.9 Å². The maximum absolute atomic E-state index is 13.6. The Morgan fingerprint density at radius 3 is 2.62 bits per heavy atom. The van der Waals surface area contributed by atoms with Crippen molar-refractivity contribution in [3.8, 4) is 0 Å². The van der Waals surface area contributed by atoms with Gasteiger partial charge >= 0.3 is 0 Å². The van der Waals surface area contributed by atoms with Gasteiger partial charge in [0.2, 0.25) is 5.95 Å². The Bertz CT molecular complexity index is 1340. The summed E-state index contributed by atoms with van der Waals surface area (Å²) in [6.45, 7) is 4.72. The van der Waals surface area contributed by atoms with E-state index in [0.717, 1.165) is 42.8 Å². The molecule has 192 valence electrons. The average Bonchev–Trinajstić information content (AvgIpc) is 3.26. The molecule has 1 saturated heterocycles. The lowest BCUT2D eigenvalue weighted by atomic mass is 9.91. The Labute approximate surface area is 218 Å². The van der Waals surface area contributed by atoms with Gasteiger partial charge in [-0.05, 0) is 56.0 Å². The molecule has 0 radical (unpaired) electrons. The number of hydrogen-bond acceptors (Lipinski definition) is 5. The zero-order valence-electron chi connectivity index (χ0n) is 21.3. The van der Waals surface area contributed by atoms with Crippen LogP contribution in [0.1, 0.15) is 35.7 Å². The molecule has 0 bridgehead atoms. The van der Waals surface area contributed by atoms with Crippen molar-refractivity contribution in [2.24, 2.45) is 0 Å². The number of para-hydroxylation sites is 3. The van der Waals surface area contributed by atoms with Crippen molar-refractivity contribution in [2.45, 2.75) is 44.8 Å². The number of fused-ring (bicyclic) bond motifs is 1. The predicted molar refractivity (Wildman–Crippen MR) is 149 cm³/mol. The summed E-state index contributed by atoms with van der Waals surface area (Å²) in [5.41, 5.74) is 10.6. The summed E-state index contributed by atoms with van der Waals surface area (Å²) in [4.78, 5) is 20.5. The minimum absolute atomic E-state index is 0.00133. The molecule has 5 rings (SSSR count).